The first-order valence-corrected chi connectivity index (χ1v) is 18.0. The van der Waals surface area contributed by atoms with Gasteiger partial charge in [-0.1, -0.05) is 136 Å². The van der Waals surface area contributed by atoms with Gasteiger partial charge in [-0.15, -0.1) is 0 Å². The number of phenolic OH excluding ortho intramolecular Hbond substituents is 6. The molecule has 282 valence electrons. The van der Waals surface area contributed by atoms with Gasteiger partial charge in [0.25, 0.3) is 0 Å². The van der Waals surface area contributed by atoms with Gasteiger partial charge in [-0.2, -0.15) is 0 Å². The maximum absolute atomic E-state index is 9.28. The zero-order chi connectivity index (χ0) is 39.5. The summed E-state index contributed by atoms with van der Waals surface area (Å²) >= 11 is 0. The van der Waals surface area contributed by atoms with Crippen molar-refractivity contribution in [3.05, 3.63) is 143 Å². The van der Waals surface area contributed by atoms with E-state index >= 15 is 0 Å². The molecular formula is C46H62O6. The van der Waals surface area contributed by atoms with E-state index < -0.39 is 5.75 Å². The molecule has 0 bridgehead atoms. The molecule has 0 fully saturated rings. The van der Waals surface area contributed by atoms with Crippen LogP contribution in [0.5, 0.6) is 34.5 Å². The fourth-order valence-corrected chi connectivity index (χ4v) is 4.78. The van der Waals surface area contributed by atoms with Crippen molar-refractivity contribution < 1.29 is 30.6 Å². The summed E-state index contributed by atoms with van der Waals surface area (Å²) in [6.07, 6.45) is 0. The molecule has 6 nitrogen and oxygen atoms in total. The standard InChI is InChI=1S/C10H14O.C9H12O3.2C9H12O.C9H12/c1-7(2)9-4-8(3)5-10(11)6-9;1-5(2)6-3-7(10)9(12)8(11)4-6;1-7(2)8-4-3-5-9(10)6-8;1-7(2)8-5-3-4-6-9(8)10;1-8(2)9-6-4-3-5-7-9/h4-7,11H,1-3H3;3-5,10-12H,1-2H3;2*3-7,10H,1-2H3;3-8H,1-2H3. The summed E-state index contributed by atoms with van der Waals surface area (Å²) in [7, 11) is 0. The van der Waals surface area contributed by atoms with E-state index in [9.17, 15) is 10.2 Å². The van der Waals surface area contributed by atoms with Crippen molar-refractivity contribution in [3.8, 4) is 34.5 Å². The molecule has 5 aromatic carbocycles. The summed E-state index contributed by atoms with van der Waals surface area (Å²) in [5, 5.41) is 54.8. The maximum atomic E-state index is 9.28. The number of aromatic hydroxyl groups is 6. The molecule has 0 aliphatic heterocycles. The van der Waals surface area contributed by atoms with Crippen molar-refractivity contribution in [1.82, 2.24) is 0 Å². The Bertz CT molecular complexity index is 1700. The molecule has 6 N–H and O–H groups in total. The van der Waals surface area contributed by atoms with Gasteiger partial charge in [0.05, 0.1) is 0 Å². The first-order valence-electron chi connectivity index (χ1n) is 18.0. The Kier molecular flexibility index (Phi) is 19.6. The van der Waals surface area contributed by atoms with E-state index in [2.05, 4.69) is 85.7 Å². The SMILES string of the molecule is CC(C)c1cc(O)c(O)c(O)c1.CC(C)c1cccc(O)c1.CC(C)c1ccccc1.CC(C)c1ccccc1O.Cc1cc(O)cc(C(C)C)c1. The Hall–Kier alpha value is -5.10. The third-order valence-electron chi connectivity index (χ3n) is 8.07. The first kappa shape index (κ1) is 44.9. The summed E-state index contributed by atoms with van der Waals surface area (Å²) in [5.74, 6) is 2.36. The summed E-state index contributed by atoms with van der Waals surface area (Å²) in [4.78, 5) is 0. The second-order valence-corrected chi connectivity index (χ2v) is 14.3. The lowest BCUT2D eigenvalue weighted by molar-refractivity contribution is 0.366. The summed E-state index contributed by atoms with van der Waals surface area (Å²) < 4.78 is 0. The van der Waals surface area contributed by atoms with Crippen LogP contribution in [-0.2, 0) is 0 Å². The van der Waals surface area contributed by atoms with Crippen LogP contribution in [0.4, 0.5) is 0 Å². The molecule has 5 aromatic rings. The Labute approximate surface area is 312 Å². The van der Waals surface area contributed by atoms with Crippen molar-refractivity contribution in [2.75, 3.05) is 0 Å². The lowest BCUT2D eigenvalue weighted by Crippen LogP contribution is -1.87. The highest BCUT2D eigenvalue weighted by molar-refractivity contribution is 5.51. The third-order valence-corrected chi connectivity index (χ3v) is 8.07. The minimum atomic E-state index is -0.459. The monoisotopic (exact) mass is 710 g/mol. The molecule has 52 heavy (non-hydrogen) atoms. The van der Waals surface area contributed by atoms with Gasteiger partial charge in [0.15, 0.2) is 17.2 Å². The lowest BCUT2D eigenvalue weighted by atomic mass is 10.0. The highest BCUT2D eigenvalue weighted by Gasteiger charge is 2.09. The smallest absolute Gasteiger partial charge is 0.200 e. The van der Waals surface area contributed by atoms with Crippen LogP contribution in [0.2, 0.25) is 0 Å². The van der Waals surface area contributed by atoms with Gasteiger partial charge in [-0.3, -0.25) is 0 Å². The Morgan fingerprint density at radius 3 is 1.17 bits per heavy atom. The quantitative estimate of drug-likeness (QED) is 0.101. The molecule has 0 aromatic heterocycles. The first-order chi connectivity index (χ1) is 24.3. The zero-order valence-corrected chi connectivity index (χ0v) is 33.0. The normalized spacial score (nSPS) is 10.4. The predicted molar refractivity (Wildman–Crippen MR) is 217 cm³/mol. The minimum absolute atomic E-state index is 0.211. The Morgan fingerprint density at radius 2 is 0.788 bits per heavy atom. The van der Waals surface area contributed by atoms with E-state index in [4.69, 9.17) is 20.4 Å². The number of rotatable bonds is 5. The van der Waals surface area contributed by atoms with E-state index in [0.29, 0.717) is 40.9 Å². The molecule has 0 heterocycles. The second-order valence-electron chi connectivity index (χ2n) is 14.3. The Balaban J connectivity index is 0.000000326. The highest BCUT2D eigenvalue weighted by Crippen LogP contribution is 2.37. The van der Waals surface area contributed by atoms with Crippen LogP contribution >= 0.6 is 0 Å². The lowest BCUT2D eigenvalue weighted by Gasteiger charge is -2.07. The number of phenols is 6. The van der Waals surface area contributed by atoms with Crippen molar-refractivity contribution in [1.29, 1.82) is 0 Å². The van der Waals surface area contributed by atoms with Crippen LogP contribution in [0.3, 0.4) is 0 Å². The van der Waals surface area contributed by atoms with Crippen LogP contribution in [0, 0.1) is 6.92 Å². The molecule has 0 radical (unpaired) electrons. The molecular weight excluding hydrogens is 649 g/mol. The molecule has 5 rings (SSSR count). The molecule has 6 heteroatoms. The number of aryl methyl sites for hydroxylation is 1. The van der Waals surface area contributed by atoms with Crippen LogP contribution in [-0.4, -0.2) is 30.6 Å². The average molecular weight is 711 g/mol. The molecule has 0 aliphatic carbocycles. The van der Waals surface area contributed by atoms with E-state index in [1.165, 1.54) is 28.8 Å². The maximum Gasteiger partial charge on any atom is 0.200 e. The van der Waals surface area contributed by atoms with Gasteiger partial charge >= 0.3 is 0 Å². The molecule has 0 aliphatic rings. The van der Waals surface area contributed by atoms with E-state index in [0.717, 1.165) is 16.7 Å². The molecule has 0 atom stereocenters. The van der Waals surface area contributed by atoms with Crippen molar-refractivity contribution in [2.45, 2.75) is 106 Å². The van der Waals surface area contributed by atoms with Gasteiger partial charge in [-0.05, 0) is 112 Å². The summed E-state index contributed by atoms with van der Waals surface area (Å²) in [5.41, 5.74) is 6.72. The van der Waals surface area contributed by atoms with Crippen LogP contribution in [0.1, 0.15) is 132 Å². The van der Waals surface area contributed by atoms with Crippen molar-refractivity contribution >= 4 is 0 Å². The molecule has 0 saturated carbocycles. The number of hydrogen-bond acceptors (Lipinski definition) is 6. The fourth-order valence-electron chi connectivity index (χ4n) is 4.78. The Morgan fingerprint density at radius 1 is 0.346 bits per heavy atom. The van der Waals surface area contributed by atoms with Gasteiger partial charge in [0, 0.05) is 0 Å². The van der Waals surface area contributed by atoms with Gasteiger partial charge < -0.3 is 30.6 Å². The minimum Gasteiger partial charge on any atom is -0.508 e. The zero-order valence-electron chi connectivity index (χ0n) is 33.0. The van der Waals surface area contributed by atoms with E-state index in [1.54, 1.807) is 24.3 Å². The molecule has 0 amide bonds. The van der Waals surface area contributed by atoms with Crippen molar-refractivity contribution in [3.63, 3.8) is 0 Å². The third kappa shape index (κ3) is 16.7. The molecule has 0 unspecified atom stereocenters. The average Bonchev–Trinajstić information content (AvgIpc) is 3.08. The highest BCUT2D eigenvalue weighted by atomic mass is 16.3. The summed E-state index contributed by atoms with van der Waals surface area (Å²) in [6, 6.07) is 33.9. The van der Waals surface area contributed by atoms with E-state index in [-0.39, 0.29) is 17.4 Å². The van der Waals surface area contributed by atoms with Crippen molar-refractivity contribution in [2.24, 2.45) is 0 Å². The van der Waals surface area contributed by atoms with Crippen LogP contribution in [0.25, 0.3) is 0 Å². The van der Waals surface area contributed by atoms with Gasteiger partial charge in [0.2, 0.25) is 0 Å². The predicted octanol–water partition coefficient (Wildman–Crippen LogP) is 12.6. The largest absolute Gasteiger partial charge is 0.508 e. The molecule has 0 saturated heterocycles. The number of para-hydroxylation sites is 1. The molecule has 0 spiro atoms. The van der Waals surface area contributed by atoms with Gasteiger partial charge in [0.1, 0.15) is 17.2 Å². The number of benzene rings is 5. The topological polar surface area (TPSA) is 121 Å². The van der Waals surface area contributed by atoms with Crippen LogP contribution in [0.15, 0.2) is 109 Å². The summed E-state index contributed by atoms with van der Waals surface area (Å²) in [6.45, 7) is 22.9. The van der Waals surface area contributed by atoms with Crippen LogP contribution < -0.4 is 0 Å². The van der Waals surface area contributed by atoms with E-state index in [1.807, 2.05) is 63.2 Å². The fraction of sp³-hybridized carbons (Fsp3) is 0.348. The van der Waals surface area contributed by atoms with Gasteiger partial charge in [-0.25, -0.2) is 0 Å². The second kappa shape index (κ2) is 22.7. The number of hydrogen-bond donors (Lipinski definition) is 6.